The number of hydrogen-bond donors (Lipinski definition) is 1. The molecule has 0 spiro atoms. The summed E-state index contributed by atoms with van der Waals surface area (Å²) in [6.07, 6.45) is -0.454. The van der Waals surface area contributed by atoms with Crippen molar-refractivity contribution in [3.8, 4) is 23.0 Å². The van der Waals surface area contributed by atoms with Crippen LogP contribution >= 0.6 is 0 Å². The van der Waals surface area contributed by atoms with E-state index in [1.54, 1.807) is 0 Å². The van der Waals surface area contributed by atoms with E-state index < -0.39 is 11.7 Å². The minimum absolute atomic E-state index is 0.254. The van der Waals surface area contributed by atoms with Gasteiger partial charge in [0.15, 0.2) is 0 Å². The summed E-state index contributed by atoms with van der Waals surface area (Å²) in [5, 5.41) is 2.62. The molecule has 0 aliphatic rings. The molecule has 3 nitrogen and oxygen atoms in total. The van der Waals surface area contributed by atoms with Gasteiger partial charge in [0.05, 0.1) is 6.54 Å². The highest BCUT2D eigenvalue weighted by molar-refractivity contribution is 5.68. The Balaban J connectivity index is 1.96. The number of amides is 1. The van der Waals surface area contributed by atoms with Crippen LogP contribution in [0.3, 0.4) is 0 Å². The first-order valence-corrected chi connectivity index (χ1v) is 7.55. The minimum Gasteiger partial charge on any atom is -0.444 e. The summed E-state index contributed by atoms with van der Waals surface area (Å²) in [5.74, 6) is 5.99. The molecule has 0 aromatic heterocycles. The molecule has 2 rings (SSSR count). The van der Waals surface area contributed by atoms with Crippen molar-refractivity contribution in [2.75, 3.05) is 6.54 Å². The Kier molecular flexibility index (Phi) is 5.43. The summed E-state index contributed by atoms with van der Waals surface area (Å²) in [7, 11) is 0. The number of carbonyl (C=O) groups excluding carboxylic acids is 1. The van der Waals surface area contributed by atoms with Gasteiger partial charge in [0.1, 0.15) is 5.60 Å². The topological polar surface area (TPSA) is 38.3 Å². The average molecular weight is 307 g/mol. The van der Waals surface area contributed by atoms with E-state index in [2.05, 4.69) is 35.4 Å². The first-order valence-electron chi connectivity index (χ1n) is 7.55. The third-order valence-electron chi connectivity index (χ3n) is 2.92. The van der Waals surface area contributed by atoms with Gasteiger partial charge >= 0.3 is 6.09 Å². The molecule has 0 saturated carbocycles. The van der Waals surface area contributed by atoms with Crippen LogP contribution in [0.4, 0.5) is 4.79 Å². The SMILES string of the molecule is CC(C)(C)OC(=O)NCC#Cc1cccc(-c2ccccc2)c1. The van der Waals surface area contributed by atoms with E-state index in [0.29, 0.717) is 0 Å². The van der Waals surface area contributed by atoms with E-state index in [1.165, 1.54) is 0 Å². The summed E-state index contributed by atoms with van der Waals surface area (Å²) in [6, 6.07) is 18.2. The standard InChI is InChI=1S/C20H21NO2/c1-20(2,3)23-19(22)21-14-8-10-16-9-7-13-18(15-16)17-11-5-4-6-12-17/h4-7,9,11-13,15H,14H2,1-3H3,(H,21,22). The van der Waals surface area contributed by atoms with Crippen molar-refractivity contribution in [2.45, 2.75) is 26.4 Å². The number of carbonyl (C=O) groups is 1. The highest BCUT2D eigenvalue weighted by atomic mass is 16.6. The molecule has 3 heteroatoms. The van der Waals surface area contributed by atoms with E-state index in [-0.39, 0.29) is 6.54 Å². The second-order valence-corrected chi connectivity index (χ2v) is 6.10. The highest BCUT2D eigenvalue weighted by Gasteiger charge is 2.14. The molecule has 118 valence electrons. The fourth-order valence-corrected chi connectivity index (χ4v) is 1.98. The predicted molar refractivity (Wildman–Crippen MR) is 93.0 cm³/mol. The maximum absolute atomic E-state index is 11.5. The number of benzene rings is 2. The zero-order chi connectivity index (χ0) is 16.7. The molecule has 2 aromatic carbocycles. The number of rotatable bonds is 2. The number of alkyl carbamates (subject to hydrolysis) is 1. The van der Waals surface area contributed by atoms with E-state index in [1.807, 2.05) is 57.2 Å². The van der Waals surface area contributed by atoms with Gasteiger partial charge in [-0.1, -0.05) is 54.3 Å². The van der Waals surface area contributed by atoms with E-state index >= 15 is 0 Å². The minimum atomic E-state index is -0.498. The van der Waals surface area contributed by atoms with Crippen LogP contribution in [0.15, 0.2) is 54.6 Å². The molecule has 0 aliphatic carbocycles. The lowest BCUT2D eigenvalue weighted by Crippen LogP contribution is -2.32. The van der Waals surface area contributed by atoms with Crippen molar-refractivity contribution < 1.29 is 9.53 Å². The Labute approximate surface area is 137 Å². The molecule has 0 radical (unpaired) electrons. The molecule has 2 aromatic rings. The summed E-state index contributed by atoms with van der Waals surface area (Å²) in [5.41, 5.74) is 2.69. The lowest BCUT2D eigenvalue weighted by molar-refractivity contribution is 0.0535. The molecule has 0 saturated heterocycles. The van der Waals surface area contributed by atoms with Gasteiger partial charge in [0.25, 0.3) is 0 Å². The lowest BCUT2D eigenvalue weighted by Gasteiger charge is -2.18. The van der Waals surface area contributed by atoms with Gasteiger partial charge in [-0.15, -0.1) is 0 Å². The zero-order valence-corrected chi connectivity index (χ0v) is 13.7. The molecule has 1 N–H and O–H groups in total. The van der Waals surface area contributed by atoms with E-state index in [9.17, 15) is 4.79 Å². The lowest BCUT2D eigenvalue weighted by atomic mass is 10.0. The van der Waals surface area contributed by atoms with Crippen molar-refractivity contribution in [3.63, 3.8) is 0 Å². The Bertz CT molecular complexity index is 719. The van der Waals surface area contributed by atoms with Crippen molar-refractivity contribution in [1.82, 2.24) is 5.32 Å². The van der Waals surface area contributed by atoms with Crippen LogP contribution in [0.1, 0.15) is 26.3 Å². The van der Waals surface area contributed by atoms with Gasteiger partial charge in [0.2, 0.25) is 0 Å². The molecule has 0 aliphatic heterocycles. The predicted octanol–water partition coefficient (Wildman–Crippen LogP) is 4.23. The normalized spacial score (nSPS) is 10.4. The molecule has 1 amide bonds. The van der Waals surface area contributed by atoms with Crippen LogP contribution in [0, 0.1) is 11.8 Å². The fraction of sp³-hybridized carbons (Fsp3) is 0.250. The monoisotopic (exact) mass is 307 g/mol. The first kappa shape index (κ1) is 16.6. The van der Waals surface area contributed by atoms with Gasteiger partial charge in [-0.25, -0.2) is 4.79 Å². The van der Waals surface area contributed by atoms with Crippen LogP contribution < -0.4 is 5.32 Å². The summed E-state index contributed by atoms with van der Waals surface area (Å²) >= 11 is 0. The molecule has 0 bridgehead atoms. The third kappa shape index (κ3) is 5.88. The quantitative estimate of drug-likeness (QED) is 0.843. The number of nitrogens with one attached hydrogen (secondary N) is 1. The Morgan fingerprint density at radius 3 is 2.43 bits per heavy atom. The fourth-order valence-electron chi connectivity index (χ4n) is 1.98. The Morgan fingerprint density at radius 1 is 1.04 bits per heavy atom. The largest absolute Gasteiger partial charge is 0.444 e. The highest BCUT2D eigenvalue weighted by Crippen LogP contribution is 2.19. The smallest absolute Gasteiger partial charge is 0.408 e. The number of hydrogen-bond acceptors (Lipinski definition) is 2. The van der Waals surface area contributed by atoms with Crippen molar-refractivity contribution in [1.29, 1.82) is 0 Å². The Hall–Kier alpha value is -2.73. The van der Waals surface area contributed by atoms with Gasteiger partial charge < -0.3 is 10.1 Å². The maximum Gasteiger partial charge on any atom is 0.408 e. The maximum atomic E-state index is 11.5. The molecular weight excluding hydrogens is 286 g/mol. The summed E-state index contributed by atoms with van der Waals surface area (Å²) in [6.45, 7) is 5.73. The summed E-state index contributed by atoms with van der Waals surface area (Å²) < 4.78 is 5.15. The molecule has 0 heterocycles. The van der Waals surface area contributed by atoms with Crippen LogP contribution in [-0.4, -0.2) is 18.2 Å². The van der Waals surface area contributed by atoms with Gasteiger partial charge in [0, 0.05) is 5.56 Å². The van der Waals surface area contributed by atoms with Crippen LogP contribution in [0.5, 0.6) is 0 Å². The van der Waals surface area contributed by atoms with Crippen molar-refractivity contribution in [3.05, 3.63) is 60.2 Å². The van der Waals surface area contributed by atoms with Crippen LogP contribution in [0.2, 0.25) is 0 Å². The van der Waals surface area contributed by atoms with Gasteiger partial charge in [-0.3, -0.25) is 0 Å². The second-order valence-electron chi connectivity index (χ2n) is 6.10. The second kappa shape index (κ2) is 7.51. The van der Waals surface area contributed by atoms with Crippen LogP contribution in [0.25, 0.3) is 11.1 Å². The van der Waals surface area contributed by atoms with Crippen LogP contribution in [-0.2, 0) is 4.74 Å². The average Bonchev–Trinajstić information content (AvgIpc) is 2.51. The molecule has 23 heavy (non-hydrogen) atoms. The van der Waals surface area contributed by atoms with E-state index in [4.69, 9.17) is 4.74 Å². The number of ether oxygens (including phenoxy) is 1. The first-order chi connectivity index (χ1) is 10.9. The Morgan fingerprint density at radius 2 is 1.74 bits per heavy atom. The van der Waals surface area contributed by atoms with Crippen molar-refractivity contribution >= 4 is 6.09 Å². The molecule has 0 unspecified atom stereocenters. The molecular formula is C20H21NO2. The molecule has 0 fully saturated rings. The van der Waals surface area contributed by atoms with E-state index in [0.717, 1.165) is 16.7 Å². The van der Waals surface area contributed by atoms with Gasteiger partial charge in [-0.05, 0) is 44.0 Å². The summed E-state index contributed by atoms with van der Waals surface area (Å²) in [4.78, 5) is 11.5. The zero-order valence-electron chi connectivity index (χ0n) is 13.7. The van der Waals surface area contributed by atoms with Gasteiger partial charge in [-0.2, -0.15) is 0 Å². The third-order valence-corrected chi connectivity index (χ3v) is 2.92. The molecule has 0 atom stereocenters. The van der Waals surface area contributed by atoms with Crippen molar-refractivity contribution in [2.24, 2.45) is 0 Å².